The summed E-state index contributed by atoms with van der Waals surface area (Å²) in [4.78, 5) is 6.58. The van der Waals surface area contributed by atoms with E-state index >= 15 is 0 Å². The molecule has 1 aliphatic rings. The second kappa shape index (κ2) is 7.75. The number of aliphatic hydroxyl groups is 1. The molecule has 0 bridgehead atoms. The van der Waals surface area contributed by atoms with E-state index in [2.05, 4.69) is 26.2 Å². The Balaban J connectivity index is 1.97. The Bertz CT molecular complexity index is 510. The number of hydrogen-bond acceptors (Lipinski definition) is 2. The standard InChI is InChI=1S/C15H21BrFN3O/c1-2-18-15(20-8-6-13(21)10-20)19-7-5-11-9-12(16)3-4-14(11)17/h3-4,9,13,21H,2,5-8,10H2,1H3,(H,18,19)/t13-/m1/s1. The molecule has 6 heteroatoms. The second-order valence-corrected chi connectivity index (χ2v) is 6.03. The quantitative estimate of drug-likeness (QED) is 0.641. The summed E-state index contributed by atoms with van der Waals surface area (Å²) < 4.78 is 14.5. The molecule has 1 aromatic carbocycles. The third-order valence-electron chi connectivity index (χ3n) is 3.45. The smallest absolute Gasteiger partial charge is 0.194 e. The molecule has 116 valence electrons. The van der Waals surface area contributed by atoms with Crippen LogP contribution in [0.15, 0.2) is 27.7 Å². The first-order valence-corrected chi connectivity index (χ1v) is 8.04. The van der Waals surface area contributed by atoms with Crippen LogP contribution < -0.4 is 5.32 Å². The number of rotatable bonds is 4. The Morgan fingerprint density at radius 1 is 1.57 bits per heavy atom. The molecule has 0 saturated carbocycles. The van der Waals surface area contributed by atoms with E-state index in [1.165, 1.54) is 6.07 Å². The van der Waals surface area contributed by atoms with Gasteiger partial charge in [0.05, 0.1) is 6.10 Å². The first-order valence-electron chi connectivity index (χ1n) is 7.25. The van der Waals surface area contributed by atoms with Gasteiger partial charge in [-0.1, -0.05) is 15.9 Å². The van der Waals surface area contributed by atoms with Crippen LogP contribution in [0.1, 0.15) is 18.9 Å². The zero-order valence-corrected chi connectivity index (χ0v) is 13.7. The molecule has 0 aliphatic carbocycles. The summed E-state index contributed by atoms with van der Waals surface area (Å²) in [5.74, 6) is 0.597. The van der Waals surface area contributed by atoms with E-state index < -0.39 is 0 Å². The number of nitrogens with zero attached hydrogens (tertiary/aromatic N) is 2. The topological polar surface area (TPSA) is 47.9 Å². The highest BCUT2D eigenvalue weighted by atomic mass is 79.9. The number of hydrogen-bond donors (Lipinski definition) is 2. The summed E-state index contributed by atoms with van der Waals surface area (Å²) in [5.41, 5.74) is 0.658. The maximum Gasteiger partial charge on any atom is 0.194 e. The van der Waals surface area contributed by atoms with Crippen molar-refractivity contribution in [3.8, 4) is 0 Å². The van der Waals surface area contributed by atoms with Gasteiger partial charge < -0.3 is 15.3 Å². The number of guanidine groups is 1. The van der Waals surface area contributed by atoms with Gasteiger partial charge in [0.2, 0.25) is 0 Å². The molecule has 0 radical (unpaired) electrons. The van der Waals surface area contributed by atoms with Gasteiger partial charge in [-0.25, -0.2) is 4.39 Å². The summed E-state index contributed by atoms with van der Waals surface area (Å²) in [6, 6.07) is 4.94. The van der Waals surface area contributed by atoms with E-state index in [-0.39, 0.29) is 11.9 Å². The van der Waals surface area contributed by atoms with Crippen LogP contribution in [0.5, 0.6) is 0 Å². The molecule has 1 heterocycles. The lowest BCUT2D eigenvalue weighted by molar-refractivity contribution is 0.188. The van der Waals surface area contributed by atoms with E-state index in [4.69, 9.17) is 0 Å². The van der Waals surface area contributed by atoms with Crippen LogP contribution in [0.3, 0.4) is 0 Å². The van der Waals surface area contributed by atoms with Gasteiger partial charge in [-0.05, 0) is 43.5 Å². The van der Waals surface area contributed by atoms with Crippen LogP contribution in [0, 0.1) is 5.82 Å². The van der Waals surface area contributed by atoms with Crippen LogP contribution in [-0.4, -0.2) is 48.2 Å². The molecule has 2 rings (SSSR count). The summed E-state index contributed by atoms with van der Waals surface area (Å²) in [5, 5.41) is 12.8. The van der Waals surface area contributed by atoms with E-state index in [0.717, 1.165) is 29.9 Å². The van der Waals surface area contributed by atoms with Gasteiger partial charge in [-0.3, -0.25) is 4.99 Å². The van der Waals surface area contributed by atoms with Gasteiger partial charge in [0.15, 0.2) is 5.96 Å². The Hall–Kier alpha value is -1.14. The van der Waals surface area contributed by atoms with E-state index in [1.54, 1.807) is 12.1 Å². The van der Waals surface area contributed by atoms with Crippen molar-refractivity contribution in [1.29, 1.82) is 0 Å². The van der Waals surface area contributed by atoms with Crippen LogP contribution in [0.2, 0.25) is 0 Å². The number of aliphatic hydroxyl groups excluding tert-OH is 1. The molecule has 2 N–H and O–H groups in total. The number of aliphatic imine (C=N–C) groups is 1. The van der Waals surface area contributed by atoms with Crippen molar-refractivity contribution < 1.29 is 9.50 Å². The number of halogens is 2. The highest BCUT2D eigenvalue weighted by Gasteiger charge is 2.22. The fraction of sp³-hybridized carbons (Fsp3) is 0.533. The SMILES string of the molecule is CCNC(=NCCc1cc(Br)ccc1F)N1CC[C@@H](O)C1. The third-order valence-corrected chi connectivity index (χ3v) is 3.94. The van der Waals surface area contributed by atoms with Gasteiger partial charge in [0.25, 0.3) is 0 Å². The van der Waals surface area contributed by atoms with Gasteiger partial charge in [-0.15, -0.1) is 0 Å². The lowest BCUT2D eigenvalue weighted by atomic mass is 10.1. The van der Waals surface area contributed by atoms with Gasteiger partial charge in [0.1, 0.15) is 5.82 Å². The van der Waals surface area contributed by atoms with Crippen molar-refractivity contribution in [3.63, 3.8) is 0 Å². The normalized spacial score (nSPS) is 19.1. The van der Waals surface area contributed by atoms with Gasteiger partial charge >= 0.3 is 0 Å². The average molecular weight is 358 g/mol. The van der Waals surface area contributed by atoms with Crippen molar-refractivity contribution in [2.75, 3.05) is 26.2 Å². The van der Waals surface area contributed by atoms with Crippen molar-refractivity contribution in [2.24, 2.45) is 4.99 Å². The molecule has 1 aromatic rings. The van der Waals surface area contributed by atoms with Crippen molar-refractivity contribution in [2.45, 2.75) is 25.9 Å². The Morgan fingerprint density at radius 3 is 3.05 bits per heavy atom. The average Bonchev–Trinajstić information content (AvgIpc) is 2.88. The van der Waals surface area contributed by atoms with Crippen molar-refractivity contribution >= 4 is 21.9 Å². The zero-order valence-electron chi connectivity index (χ0n) is 12.1. The number of β-amino-alcohol motifs (C(OH)–C–C–N with tert-alkyl or cyclic N) is 1. The molecule has 0 unspecified atom stereocenters. The molecule has 0 aromatic heterocycles. The Labute approximate surface area is 133 Å². The minimum absolute atomic E-state index is 0.199. The number of nitrogens with one attached hydrogen (secondary N) is 1. The zero-order chi connectivity index (χ0) is 15.2. The van der Waals surface area contributed by atoms with E-state index in [0.29, 0.717) is 25.1 Å². The second-order valence-electron chi connectivity index (χ2n) is 5.11. The summed E-state index contributed by atoms with van der Waals surface area (Å²) in [6.07, 6.45) is 1.04. The third kappa shape index (κ3) is 4.68. The molecular formula is C15H21BrFN3O. The highest BCUT2D eigenvalue weighted by molar-refractivity contribution is 9.10. The maximum atomic E-state index is 13.7. The molecular weight excluding hydrogens is 337 g/mol. The molecule has 0 spiro atoms. The number of benzene rings is 1. The van der Waals surface area contributed by atoms with Crippen molar-refractivity contribution in [1.82, 2.24) is 10.2 Å². The summed E-state index contributed by atoms with van der Waals surface area (Å²) in [7, 11) is 0. The monoisotopic (exact) mass is 357 g/mol. The molecule has 1 fully saturated rings. The lowest BCUT2D eigenvalue weighted by Crippen LogP contribution is -2.40. The first kappa shape index (κ1) is 16.2. The van der Waals surface area contributed by atoms with Crippen LogP contribution in [0.4, 0.5) is 4.39 Å². The molecule has 4 nitrogen and oxygen atoms in total. The fourth-order valence-electron chi connectivity index (χ4n) is 2.38. The van der Waals surface area contributed by atoms with Gasteiger partial charge in [0, 0.05) is 30.7 Å². The predicted octanol–water partition coefficient (Wildman–Crippen LogP) is 2.16. The molecule has 0 amide bonds. The molecule has 1 saturated heterocycles. The maximum absolute atomic E-state index is 13.7. The fourth-order valence-corrected chi connectivity index (χ4v) is 2.79. The van der Waals surface area contributed by atoms with E-state index in [9.17, 15) is 9.50 Å². The first-order chi connectivity index (χ1) is 10.1. The lowest BCUT2D eigenvalue weighted by Gasteiger charge is -2.20. The van der Waals surface area contributed by atoms with Crippen molar-refractivity contribution in [3.05, 3.63) is 34.1 Å². The van der Waals surface area contributed by atoms with Gasteiger partial charge in [-0.2, -0.15) is 0 Å². The minimum Gasteiger partial charge on any atom is -0.391 e. The molecule has 1 atom stereocenters. The van der Waals surface area contributed by atoms with Crippen LogP contribution >= 0.6 is 15.9 Å². The minimum atomic E-state index is -0.281. The molecule has 1 aliphatic heterocycles. The summed E-state index contributed by atoms with van der Waals surface area (Å²) >= 11 is 3.35. The van der Waals surface area contributed by atoms with E-state index in [1.807, 2.05) is 11.8 Å². The Morgan fingerprint density at radius 2 is 2.38 bits per heavy atom. The largest absolute Gasteiger partial charge is 0.391 e. The summed E-state index contributed by atoms with van der Waals surface area (Å²) in [6.45, 7) is 4.71. The van der Waals surface area contributed by atoms with Crippen LogP contribution in [0.25, 0.3) is 0 Å². The number of likely N-dealkylation sites (tertiary alicyclic amines) is 1. The van der Waals surface area contributed by atoms with Crippen LogP contribution in [-0.2, 0) is 6.42 Å². The highest BCUT2D eigenvalue weighted by Crippen LogP contribution is 2.16. The Kier molecular flexibility index (Phi) is 5.99. The molecule has 21 heavy (non-hydrogen) atoms. The predicted molar refractivity (Wildman–Crippen MR) is 86.0 cm³/mol.